The molecule has 0 aliphatic carbocycles. The highest BCUT2D eigenvalue weighted by atomic mass is 16.5. The fourth-order valence-electron chi connectivity index (χ4n) is 1.64. The first-order valence-electron chi connectivity index (χ1n) is 5.61. The summed E-state index contributed by atoms with van der Waals surface area (Å²) in [5, 5.41) is 0. The highest BCUT2D eigenvalue weighted by Crippen LogP contribution is 2.15. The van der Waals surface area contributed by atoms with Crippen molar-refractivity contribution in [3.05, 3.63) is 54.6 Å². The minimum absolute atomic E-state index is 0.534. The van der Waals surface area contributed by atoms with Crippen molar-refractivity contribution in [2.45, 2.75) is 0 Å². The van der Waals surface area contributed by atoms with Crippen LogP contribution in [0.4, 0.5) is 5.95 Å². The van der Waals surface area contributed by atoms with E-state index in [0.29, 0.717) is 5.95 Å². The number of rotatable bonds is 3. The van der Waals surface area contributed by atoms with Crippen molar-refractivity contribution < 1.29 is 4.74 Å². The van der Waals surface area contributed by atoms with Crippen molar-refractivity contribution in [1.29, 1.82) is 0 Å². The van der Waals surface area contributed by atoms with E-state index in [0.717, 1.165) is 16.8 Å². The number of aromatic amines is 1. The van der Waals surface area contributed by atoms with Crippen LogP contribution in [-0.4, -0.2) is 16.4 Å². The van der Waals surface area contributed by atoms with Crippen LogP contribution in [0.3, 0.4) is 0 Å². The number of aromatic nitrogens is 2. The van der Waals surface area contributed by atoms with Gasteiger partial charge in [-0.2, -0.15) is 4.99 Å². The van der Waals surface area contributed by atoms with Crippen molar-refractivity contribution >= 4 is 23.4 Å². The highest BCUT2D eigenvalue weighted by Gasteiger charge is 1.98. The molecule has 88 valence electrons. The highest BCUT2D eigenvalue weighted by molar-refractivity contribution is 5.77. The molecule has 0 saturated carbocycles. The van der Waals surface area contributed by atoms with Crippen molar-refractivity contribution in [3.63, 3.8) is 0 Å². The molecule has 4 heteroatoms. The first kappa shape index (κ1) is 10.5. The summed E-state index contributed by atoms with van der Waals surface area (Å²) in [5.74, 6) is 1.28. The van der Waals surface area contributed by atoms with Gasteiger partial charge in [0.25, 0.3) is 0 Å². The molecule has 0 amide bonds. The predicted molar refractivity (Wildman–Crippen MR) is 71.3 cm³/mol. The number of nitrogens with zero attached hydrogens (tertiary/aromatic N) is 2. The van der Waals surface area contributed by atoms with Crippen LogP contribution in [0.1, 0.15) is 0 Å². The van der Waals surface area contributed by atoms with Gasteiger partial charge in [-0.1, -0.05) is 30.3 Å². The summed E-state index contributed by atoms with van der Waals surface area (Å²) in [6.45, 7) is 0. The van der Waals surface area contributed by atoms with Gasteiger partial charge in [0.2, 0.25) is 5.95 Å². The molecule has 0 bridgehead atoms. The van der Waals surface area contributed by atoms with E-state index in [2.05, 4.69) is 15.0 Å². The first-order chi connectivity index (χ1) is 8.92. The number of para-hydroxylation sites is 3. The van der Waals surface area contributed by atoms with Gasteiger partial charge in [0, 0.05) is 0 Å². The van der Waals surface area contributed by atoms with E-state index < -0.39 is 0 Å². The minimum Gasteiger partial charge on any atom is -0.446 e. The molecule has 3 rings (SSSR count). The molecule has 0 radical (unpaired) electrons. The largest absolute Gasteiger partial charge is 0.446 e. The second kappa shape index (κ2) is 4.71. The van der Waals surface area contributed by atoms with Gasteiger partial charge in [-0.15, -0.1) is 0 Å². The van der Waals surface area contributed by atoms with E-state index in [9.17, 15) is 0 Å². The Morgan fingerprint density at radius 1 is 1.00 bits per heavy atom. The Hall–Kier alpha value is -2.62. The lowest BCUT2D eigenvalue weighted by atomic mass is 10.3. The van der Waals surface area contributed by atoms with Crippen LogP contribution in [0.5, 0.6) is 5.75 Å². The summed E-state index contributed by atoms with van der Waals surface area (Å²) < 4.78 is 5.35. The standard InChI is InChI=1S/C14H11N3O/c1-2-6-11(7-3-1)18-10-15-14-16-12-8-4-5-9-13(12)17-14/h1-10H,(H,16,17). The summed E-state index contributed by atoms with van der Waals surface area (Å²) in [5.41, 5.74) is 1.86. The molecule has 0 saturated heterocycles. The molecule has 0 atom stereocenters. The van der Waals surface area contributed by atoms with Crippen molar-refractivity contribution in [1.82, 2.24) is 9.97 Å². The Bertz CT molecular complexity index is 641. The van der Waals surface area contributed by atoms with Gasteiger partial charge in [0.05, 0.1) is 11.0 Å². The number of nitrogens with one attached hydrogen (secondary N) is 1. The van der Waals surface area contributed by atoms with Crippen LogP contribution in [0, 0.1) is 0 Å². The van der Waals surface area contributed by atoms with Crippen LogP contribution in [0.15, 0.2) is 59.6 Å². The zero-order valence-corrected chi connectivity index (χ0v) is 9.58. The van der Waals surface area contributed by atoms with Gasteiger partial charge in [-0.25, -0.2) is 4.98 Å². The number of imidazole rings is 1. The summed E-state index contributed by atoms with van der Waals surface area (Å²) in [4.78, 5) is 11.5. The summed E-state index contributed by atoms with van der Waals surface area (Å²) in [7, 11) is 0. The molecule has 2 aromatic carbocycles. The maximum absolute atomic E-state index is 5.35. The summed E-state index contributed by atoms with van der Waals surface area (Å²) >= 11 is 0. The molecular weight excluding hydrogens is 226 g/mol. The monoisotopic (exact) mass is 237 g/mol. The van der Waals surface area contributed by atoms with E-state index in [-0.39, 0.29) is 0 Å². The lowest BCUT2D eigenvalue weighted by Gasteiger charge is -1.96. The molecule has 1 aromatic heterocycles. The molecular formula is C14H11N3O. The van der Waals surface area contributed by atoms with Crippen LogP contribution in [0.25, 0.3) is 11.0 Å². The number of benzene rings is 2. The Balaban J connectivity index is 1.76. The molecule has 0 spiro atoms. The average Bonchev–Trinajstić information content (AvgIpc) is 2.82. The Kier molecular flexibility index (Phi) is 2.75. The van der Waals surface area contributed by atoms with Gasteiger partial charge >= 0.3 is 0 Å². The first-order valence-corrected chi connectivity index (χ1v) is 5.61. The number of aliphatic imine (C=N–C) groups is 1. The molecule has 18 heavy (non-hydrogen) atoms. The molecule has 4 nitrogen and oxygen atoms in total. The van der Waals surface area contributed by atoms with Crippen molar-refractivity contribution in [2.75, 3.05) is 0 Å². The van der Waals surface area contributed by atoms with E-state index in [4.69, 9.17) is 4.74 Å². The molecule has 1 N–H and O–H groups in total. The fourth-order valence-corrected chi connectivity index (χ4v) is 1.64. The Morgan fingerprint density at radius 3 is 2.61 bits per heavy atom. The number of hydrogen-bond donors (Lipinski definition) is 1. The molecule has 0 fully saturated rings. The molecule has 0 aliphatic rings. The molecule has 3 aromatic rings. The zero-order chi connectivity index (χ0) is 12.2. The second-order valence-electron chi connectivity index (χ2n) is 3.74. The van der Waals surface area contributed by atoms with Gasteiger partial charge in [-0.3, -0.25) is 0 Å². The van der Waals surface area contributed by atoms with E-state index in [1.807, 2.05) is 54.6 Å². The minimum atomic E-state index is 0.534. The smallest absolute Gasteiger partial charge is 0.230 e. The maximum atomic E-state index is 5.35. The Labute approximate surface area is 104 Å². The lowest BCUT2D eigenvalue weighted by molar-refractivity contribution is 0.574. The average molecular weight is 237 g/mol. The third kappa shape index (κ3) is 2.22. The number of fused-ring (bicyclic) bond motifs is 1. The predicted octanol–water partition coefficient (Wildman–Crippen LogP) is 3.30. The quantitative estimate of drug-likeness (QED) is 0.561. The molecule has 0 unspecified atom stereocenters. The molecule has 0 aliphatic heterocycles. The number of ether oxygens (including phenoxy) is 1. The SMILES string of the molecule is C(=Nc1nc2ccccc2[nH]1)Oc1ccccc1. The maximum Gasteiger partial charge on any atom is 0.230 e. The summed E-state index contributed by atoms with van der Waals surface area (Å²) in [6.07, 6.45) is 1.38. The van der Waals surface area contributed by atoms with Crippen LogP contribution in [-0.2, 0) is 0 Å². The van der Waals surface area contributed by atoms with Gasteiger partial charge in [-0.05, 0) is 24.3 Å². The van der Waals surface area contributed by atoms with E-state index in [1.54, 1.807) is 0 Å². The number of H-pyrrole nitrogens is 1. The van der Waals surface area contributed by atoms with Crippen LogP contribution in [0.2, 0.25) is 0 Å². The second-order valence-corrected chi connectivity index (χ2v) is 3.74. The normalized spacial score (nSPS) is 11.1. The fraction of sp³-hybridized carbons (Fsp3) is 0. The third-order valence-electron chi connectivity index (χ3n) is 2.48. The van der Waals surface area contributed by atoms with Crippen LogP contribution >= 0.6 is 0 Å². The van der Waals surface area contributed by atoms with Gasteiger partial charge in [0.15, 0.2) is 6.40 Å². The zero-order valence-electron chi connectivity index (χ0n) is 9.58. The summed E-state index contributed by atoms with van der Waals surface area (Å²) in [6, 6.07) is 17.3. The van der Waals surface area contributed by atoms with Crippen molar-refractivity contribution in [2.24, 2.45) is 4.99 Å². The van der Waals surface area contributed by atoms with Crippen molar-refractivity contribution in [3.8, 4) is 5.75 Å². The third-order valence-corrected chi connectivity index (χ3v) is 2.48. The lowest BCUT2D eigenvalue weighted by Crippen LogP contribution is -1.88. The molecule has 1 heterocycles. The Morgan fingerprint density at radius 2 is 1.78 bits per heavy atom. The number of hydrogen-bond acceptors (Lipinski definition) is 3. The van der Waals surface area contributed by atoms with Crippen LogP contribution < -0.4 is 4.74 Å². The topological polar surface area (TPSA) is 50.3 Å². The van der Waals surface area contributed by atoms with Gasteiger partial charge < -0.3 is 9.72 Å². The van der Waals surface area contributed by atoms with E-state index >= 15 is 0 Å². The van der Waals surface area contributed by atoms with Gasteiger partial charge in [0.1, 0.15) is 5.75 Å². The van der Waals surface area contributed by atoms with E-state index in [1.165, 1.54) is 6.40 Å².